The highest BCUT2D eigenvalue weighted by atomic mass is 16.2. The van der Waals surface area contributed by atoms with E-state index in [2.05, 4.69) is 5.32 Å². The number of nitrogens with two attached hydrogens (primary N) is 1. The normalized spacial score (nSPS) is 14.4. The number of hydrogen-bond donors (Lipinski definition) is 2. The Morgan fingerprint density at radius 2 is 2.22 bits per heavy atom. The molecule has 0 unspecified atom stereocenters. The molecule has 1 fully saturated rings. The molecule has 0 atom stereocenters. The van der Waals surface area contributed by atoms with Crippen molar-refractivity contribution in [1.82, 2.24) is 5.32 Å². The number of likely N-dealkylation sites (N-methyl/N-ethyl adjacent to an activating group) is 1. The summed E-state index contributed by atoms with van der Waals surface area (Å²) < 4.78 is 0. The number of nitrogens with zero attached hydrogens (tertiary/aromatic N) is 1. The lowest BCUT2D eigenvalue weighted by molar-refractivity contribution is -0.119. The van der Waals surface area contributed by atoms with Crippen LogP contribution in [0.4, 0.5) is 5.69 Å². The fourth-order valence-corrected chi connectivity index (χ4v) is 2.23. The van der Waals surface area contributed by atoms with E-state index in [9.17, 15) is 4.79 Å². The van der Waals surface area contributed by atoms with Gasteiger partial charge in [0.1, 0.15) is 0 Å². The zero-order valence-electron chi connectivity index (χ0n) is 11.1. The molecule has 1 amide bonds. The van der Waals surface area contributed by atoms with E-state index in [0.717, 1.165) is 29.7 Å². The molecular weight excluding hydrogens is 226 g/mol. The summed E-state index contributed by atoms with van der Waals surface area (Å²) in [4.78, 5) is 13.8. The lowest BCUT2D eigenvalue weighted by Crippen LogP contribution is -2.37. The molecule has 1 aromatic rings. The van der Waals surface area contributed by atoms with Crippen molar-refractivity contribution in [2.75, 3.05) is 18.5 Å². The van der Waals surface area contributed by atoms with Gasteiger partial charge in [0, 0.05) is 25.3 Å². The number of para-hydroxylation sites is 1. The molecule has 1 aliphatic carbocycles. The van der Waals surface area contributed by atoms with Gasteiger partial charge >= 0.3 is 0 Å². The predicted octanol–water partition coefficient (Wildman–Crippen LogP) is 1.17. The molecule has 0 saturated heterocycles. The largest absolute Gasteiger partial charge is 0.365 e. The van der Waals surface area contributed by atoms with E-state index in [4.69, 9.17) is 5.73 Å². The topological polar surface area (TPSA) is 58.4 Å². The van der Waals surface area contributed by atoms with Crippen LogP contribution in [-0.4, -0.2) is 25.5 Å². The molecule has 0 aromatic heterocycles. The van der Waals surface area contributed by atoms with Gasteiger partial charge in [0.05, 0.1) is 6.54 Å². The van der Waals surface area contributed by atoms with Gasteiger partial charge in [0.25, 0.3) is 0 Å². The van der Waals surface area contributed by atoms with E-state index in [-0.39, 0.29) is 5.91 Å². The number of amides is 1. The second-order valence-corrected chi connectivity index (χ2v) is 4.98. The number of aryl methyl sites for hydroxylation is 1. The van der Waals surface area contributed by atoms with Gasteiger partial charge in [-0.25, -0.2) is 0 Å². The first kappa shape index (κ1) is 12.9. The first-order valence-corrected chi connectivity index (χ1v) is 6.41. The van der Waals surface area contributed by atoms with Crippen molar-refractivity contribution in [3.05, 3.63) is 29.3 Å². The van der Waals surface area contributed by atoms with Crippen LogP contribution < -0.4 is 16.0 Å². The molecule has 1 saturated carbocycles. The fourth-order valence-electron chi connectivity index (χ4n) is 2.23. The first-order chi connectivity index (χ1) is 8.61. The van der Waals surface area contributed by atoms with Crippen LogP contribution >= 0.6 is 0 Å². The van der Waals surface area contributed by atoms with Crippen LogP contribution in [0.5, 0.6) is 0 Å². The van der Waals surface area contributed by atoms with E-state index in [1.165, 1.54) is 0 Å². The third-order valence-electron chi connectivity index (χ3n) is 3.25. The fraction of sp³-hybridized carbons (Fsp3) is 0.500. The third kappa shape index (κ3) is 3.01. The minimum atomic E-state index is 0.0891. The molecule has 2 rings (SSSR count). The second kappa shape index (κ2) is 5.40. The van der Waals surface area contributed by atoms with Gasteiger partial charge in [-0.2, -0.15) is 0 Å². The maximum atomic E-state index is 11.8. The number of rotatable bonds is 5. The molecule has 0 spiro atoms. The summed E-state index contributed by atoms with van der Waals surface area (Å²) in [5.74, 6) is 0.0891. The Balaban J connectivity index is 2.07. The summed E-state index contributed by atoms with van der Waals surface area (Å²) in [5, 5.41) is 3.00. The van der Waals surface area contributed by atoms with Crippen LogP contribution in [0, 0.1) is 6.92 Å². The Bertz CT molecular complexity index is 441. The maximum absolute atomic E-state index is 11.8. The van der Waals surface area contributed by atoms with Crippen molar-refractivity contribution in [2.45, 2.75) is 32.4 Å². The van der Waals surface area contributed by atoms with E-state index in [0.29, 0.717) is 19.1 Å². The highest BCUT2D eigenvalue weighted by molar-refractivity contribution is 5.82. The van der Waals surface area contributed by atoms with Crippen LogP contribution in [0.25, 0.3) is 0 Å². The zero-order valence-corrected chi connectivity index (χ0v) is 11.1. The Labute approximate surface area is 108 Å². The van der Waals surface area contributed by atoms with Crippen molar-refractivity contribution in [1.29, 1.82) is 0 Å². The molecule has 0 radical (unpaired) electrons. The maximum Gasteiger partial charge on any atom is 0.239 e. The van der Waals surface area contributed by atoms with E-state index in [1.54, 1.807) is 0 Å². The average molecular weight is 247 g/mol. The van der Waals surface area contributed by atoms with Gasteiger partial charge in [0.15, 0.2) is 0 Å². The molecule has 1 aliphatic rings. The number of benzene rings is 1. The predicted molar refractivity (Wildman–Crippen MR) is 73.5 cm³/mol. The van der Waals surface area contributed by atoms with Crippen molar-refractivity contribution in [3.8, 4) is 0 Å². The van der Waals surface area contributed by atoms with E-state index >= 15 is 0 Å². The minimum absolute atomic E-state index is 0.0891. The van der Waals surface area contributed by atoms with Crippen LogP contribution in [0.1, 0.15) is 24.0 Å². The quantitative estimate of drug-likeness (QED) is 0.821. The van der Waals surface area contributed by atoms with Crippen LogP contribution in [0.3, 0.4) is 0 Å². The lowest BCUT2D eigenvalue weighted by Gasteiger charge is -2.23. The van der Waals surface area contributed by atoms with Crippen molar-refractivity contribution < 1.29 is 4.79 Å². The van der Waals surface area contributed by atoms with Crippen molar-refractivity contribution >= 4 is 11.6 Å². The molecule has 0 heterocycles. The summed E-state index contributed by atoms with van der Waals surface area (Å²) in [6.45, 7) is 2.92. The van der Waals surface area contributed by atoms with Gasteiger partial charge < -0.3 is 16.0 Å². The molecule has 4 nitrogen and oxygen atoms in total. The number of hydrogen-bond acceptors (Lipinski definition) is 3. The van der Waals surface area contributed by atoms with Gasteiger partial charge in [-0.15, -0.1) is 0 Å². The van der Waals surface area contributed by atoms with E-state index in [1.807, 2.05) is 37.1 Å². The van der Waals surface area contributed by atoms with E-state index < -0.39 is 0 Å². The Morgan fingerprint density at radius 3 is 2.83 bits per heavy atom. The minimum Gasteiger partial charge on any atom is -0.365 e. The monoisotopic (exact) mass is 247 g/mol. The number of carbonyl (C=O) groups is 1. The molecule has 98 valence electrons. The lowest BCUT2D eigenvalue weighted by atomic mass is 10.1. The van der Waals surface area contributed by atoms with Crippen LogP contribution in [0.15, 0.2) is 18.2 Å². The van der Waals surface area contributed by atoms with Crippen LogP contribution in [0.2, 0.25) is 0 Å². The smallest absolute Gasteiger partial charge is 0.239 e. The molecule has 0 bridgehead atoms. The number of anilines is 1. The summed E-state index contributed by atoms with van der Waals surface area (Å²) in [5.41, 5.74) is 9.06. The SMILES string of the molecule is Cc1cccc(CN)c1N(C)CC(=O)NC1CC1. The Kier molecular flexibility index (Phi) is 3.87. The number of nitrogens with one attached hydrogen (secondary N) is 1. The van der Waals surface area contributed by atoms with Crippen molar-refractivity contribution in [3.63, 3.8) is 0 Å². The van der Waals surface area contributed by atoms with Crippen molar-refractivity contribution in [2.24, 2.45) is 5.73 Å². The van der Waals surface area contributed by atoms with Crippen LogP contribution in [-0.2, 0) is 11.3 Å². The molecule has 3 N–H and O–H groups in total. The first-order valence-electron chi connectivity index (χ1n) is 6.41. The standard InChI is InChI=1S/C14H21N3O/c1-10-4-3-5-11(8-15)14(10)17(2)9-13(18)16-12-6-7-12/h3-5,12H,6-9,15H2,1-2H3,(H,16,18). The zero-order chi connectivity index (χ0) is 13.1. The highest BCUT2D eigenvalue weighted by Gasteiger charge is 2.24. The van der Waals surface area contributed by atoms with Gasteiger partial charge in [-0.3, -0.25) is 4.79 Å². The summed E-state index contributed by atoms with van der Waals surface area (Å²) in [6, 6.07) is 6.47. The van der Waals surface area contributed by atoms with Gasteiger partial charge in [-0.1, -0.05) is 18.2 Å². The Hall–Kier alpha value is -1.55. The highest BCUT2D eigenvalue weighted by Crippen LogP contribution is 2.24. The molecule has 1 aromatic carbocycles. The molecular formula is C14H21N3O. The van der Waals surface area contributed by atoms with Gasteiger partial charge in [0.2, 0.25) is 5.91 Å². The Morgan fingerprint density at radius 1 is 1.50 bits per heavy atom. The number of carbonyl (C=O) groups excluding carboxylic acids is 1. The molecule has 0 aliphatic heterocycles. The summed E-state index contributed by atoms with van der Waals surface area (Å²) in [6.07, 6.45) is 2.24. The summed E-state index contributed by atoms with van der Waals surface area (Å²) >= 11 is 0. The molecule has 18 heavy (non-hydrogen) atoms. The van der Waals surface area contributed by atoms with Gasteiger partial charge in [-0.05, 0) is 30.9 Å². The summed E-state index contributed by atoms with van der Waals surface area (Å²) in [7, 11) is 1.94. The molecule has 4 heteroatoms. The third-order valence-corrected chi connectivity index (χ3v) is 3.25. The average Bonchev–Trinajstić information content (AvgIpc) is 3.11. The second-order valence-electron chi connectivity index (χ2n) is 4.98.